The minimum atomic E-state index is -0.833. The number of nitrogens with zero attached hydrogens (tertiary/aromatic N) is 5. The fraction of sp³-hybridized carbons (Fsp3) is 0.500. The van der Waals surface area contributed by atoms with Crippen molar-refractivity contribution < 1.29 is 23.8 Å². The maximum atomic E-state index is 12.3. The van der Waals surface area contributed by atoms with Gasteiger partial charge in [-0.05, 0) is 57.1 Å². The minimum absolute atomic E-state index is 0.0224. The SMILES string of the molecule is CC(=O)O.CC1CN(c2nc(-c3ccc(NC(=O)NCCF)cc3)nc3c2cnn3C2CCNCC2)CCO1. The molecule has 13 heteroatoms. The molecule has 2 aliphatic rings. The van der Waals surface area contributed by atoms with Crippen LogP contribution in [0.15, 0.2) is 30.5 Å². The van der Waals surface area contributed by atoms with Gasteiger partial charge in [-0.15, -0.1) is 0 Å². The van der Waals surface area contributed by atoms with Crippen molar-refractivity contribution in [1.29, 1.82) is 0 Å². The van der Waals surface area contributed by atoms with Crippen molar-refractivity contribution >= 4 is 34.5 Å². The molecule has 0 spiro atoms. The second-order valence-corrected chi connectivity index (χ2v) is 9.47. The molecule has 0 radical (unpaired) electrons. The molecule has 2 aliphatic heterocycles. The molecular formula is C26H35FN8O4. The number of carbonyl (C=O) groups is 2. The summed E-state index contributed by atoms with van der Waals surface area (Å²) in [5.41, 5.74) is 2.28. The zero-order valence-electron chi connectivity index (χ0n) is 22.2. The Labute approximate surface area is 225 Å². The van der Waals surface area contributed by atoms with E-state index >= 15 is 0 Å². The molecule has 5 rings (SSSR count). The van der Waals surface area contributed by atoms with Gasteiger partial charge < -0.3 is 30.7 Å². The number of nitrogens with one attached hydrogen (secondary N) is 3. The van der Waals surface area contributed by atoms with Crippen LogP contribution in [0.1, 0.15) is 32.7 Å². The predicted octanol–water partition coefficient (Wildman–Crippen LogP) is 2.82. The molecular weight excluding hydrogens is 507 g/mol. The standard InChI is InChI=1S/C24H31FN8O2.C2H4O2/c1-16-15-32(12-13-35-16)22-20-14-28-33(19-6-9-26-10-7-19)23(20)31-21(30-22)17-2-4-18(5-3-17)29-24(34)27-11-8-25;1-2(3)4/h2-5,14,16,19,26H,6-13,15H2,1H3,(H2,27,29,34);1H3,(H,3,4). The molecule has 1 aromatic carbocycles. The van der Waals surface area contributed by atoms with Gasteiger partial charge in [-0.3, -0.25) is 4.79 Å². The molecule has 0 bridgehead atoms. The highest BCUT2D eigenvalue weighted by Gasteiger charge is 2.25. The number of hydrogen-bond acceptors (Lipinski definition) is 8. The number of alkyl halides is 1. The number of carbonyl (C=O) groups excluding carboxylic acids is 1. The molecule has 0 saturated carbocycles. The fourth-order valence-electron chi connectivity index (χ4n) is 4.65. The molecule has 4 heterocycles. The number of carboxylic acids is 1. The van der Waals surface area contributed by atoms with Gasteiger partial charge in [0.25, 0.3) is 5.97 Å². The smallest absolute Gasteiger partial charge is 0.319 e. The Hall–Kier alpha value is -3.84. The average molecular weight is 543 g/mol. The Morgan fingerprint density at radius 1 is 1.21 bits per heavy atom. The van der Waals surface area contributed by atoms with Gasteiger partial charge in [0.2, 0.25) is 0 Å². The van der Waals surface area contributed by atoms with Crippen LogP contribution in [-0.2, 0) is 9.53 Å². The molecule has 39 heavy (non-hydrogen) atoms. The van der Waals surface area contributed by atoms with Crippen LogP contribution in [-0.4, -0.2) is 89.0 Å². The Kier molecular flexibility index (Phi) is 9.60. The predicted molar refractivity (Wildman–Crippen MR) is 146 cm³/mol. The monoisotopic (exact) mass is 542 g/mol. The highest BCUT2D eigenvalue weighted by Crippen LogP contribution is 2.32. The lowest BCUT2D eigenvalue weighted by Gasteiger charge is -2.32. The van der Waals surface area contributed by atoms with Crippen LogP contribution < -0.4 is 20.9 Å². The van der Waals surface area contributed by atoms with Gasteiger partial charge in [0.15, 0.2) is 11.5 Å². The average Bonchev–Trinajstić information content (AvgIpc) is 3.36. The lowest BCUT2D eigenvalue weighted by molar-refractivity contribution is -0.134. The van der Waals surface area contributed by atoms with Gasteiger partial charge in [-0.25, -0.2) is 23.8 Å². The summed E-state index contributed by atoms with van der Waals surface area (Å²) in [7, 11) is 0. The Morgan fingerprint density at radius 2 is 1.92 bits per heavy atom. The van der Waals surface area contributed by atoms with Crippen molar-refractivity contribution in [2.24, 2.45) is 0 Å². The zero-order chi connectivity index (χ0) is 27.8. The molecule has 4 N–H and O–H groups in total. The Morgan fingerprint density at radius 3 is 2.59 bits per heavy atom. The topological polar surface area (TPSA) is 147 Å². The summed E-state index contributed by atoms with van der Waals surface area (Å²) in [4.78, 5) is 33.0. The third kappa shape index (κ3) is 7.39. The second-order valence-electron chi connectivity index (χ2n) is 9.47. The summed E-state index contributed by atoms with van der Waals surface area (Å²) < 4.78 is 20.1. The van der Waals surface area contributed by atoms with Gasteiger partial charge >= 0.3 is 6.03 Å². The van der Waals surface area contributed by atoms with E-state index in [1.165, 1.54) is 0 Å². The highest BCUT2D eigenvalue weighted by atomic mass is 19.1. The van der Waals surface area contributed by atoms with E-state index in [2.05, 4.69) is 32.5 Å². The number of benzene rings is 1. The maximum absolute atomic E-state index is 12.3. The molecule has 2 fully saturated rings. The first-order chi connectivity index (χ1) is 18.9. The summed E-state index contributed by atoms with van der Waals surface area (Å²) in [6, 6.07) is 7.19. The number of carboxylic acid groups (broad SMARTS) is 1. The van der Waals surface area contributed by atoms with E-state index in [0.29, 0.717) is 24.2 Å². The van der Waals surface area contributed by atoms with Crippen molar-refractivity contribution in [3.63, 3.8) is 0 Å². The lowest BCUT2D eigenvalue weighted by atomic mass is 10.1. The number of ether oxygens (including phenoxy) is 1. The van der Waals surface area contributed by atoms with Gasteiger partial charge in [0, 0.05) is 37.8 Å². The number of aliphatic carboxylic acids is 1. The van der Waals surface area contributed by atoms with Crippen molar-refractivity contribution in [1.82, 2.24) is 30.4 Å². The number of piperidine rings is 1. The Balaban J connectivity index is 0.000000826. The van der Waals surface area contributed by atoms with Gasteiger partial charge in [0.1, 0.15) is 12.5 Å². The van der Waals surface area contributed by atoms with Crippen LogP contribution in [0.4, 0.5) is 20.7 Å². The summed E-state index contributed by atoms with van der Waals surface area (Å²) in [5, 5.41) is 21.7. The third-order valence-electron chi connectivity index (χ3n) is 6.41. The van der Waals surface area contributed by atoms with E-state index in [1.807, 2.05) is 18.3 Å². The zero-order valence-corrected chi connectivity index (χ0v) is 22.2. The van der Waals surface area contributed by atoms with E-state index in [1.54, 1.807) is 12.1 Å². The quantitative estimate of drug-likeness (QED) is 0.369. The number of fused-ring (bicyclic) bond motifs is 1. The van der Waals surface area contributed by atoms with Gasteiger partial charge in [-0.2, -0.15) is 5.10 Å². The van der Waals surface area contributed by atoms with Crippen molar-refractivity contribution in [2.45, 2.75) is 38.8 Å². The number of halogens is 1. The molecule has 2 amide bonds. The second kappa shape index (κ2) is 13.3. The highest BCUT2D eigenvalue weighted by molar-refractivity contribution is 5.90. The van der Waals surface area contributed by atoms with Crippen LogP contribution in [0.2, 0.25) is 0 Å². The maximum Gasteiger partial charge on any atom is 0.319 e. The molecule has 1 unspecified atom stereocenters. The van der Waals surface area contributed by atoms with E-state index in [9.17, 15) is 9.18 Å². The number of urea groups is 1. The molecule has 2 saturated heterocycles. The normalized spacial score (nSPS) is 17.8. The number of rotatable bonds is 6. The van der Waals surface area contributed by atoms with Crippen LogP contribution in [0, 0.1) is 0 Å². The molecule has 12 nitrogen and oxygen atoms in total. The van der Waals surface area contributed by atoms with E-state index in [-0.39, 0.29) is 12.6 Å². The summed E-state index contributed by atoms with van der Waals surface area (Å²) in [5.74, 6) is 0.642. The van der Waals surface area contributed by atoms with Crippen molar-refractivity contribution in [3.05, 3.63) is 30.5 Å². The number of amides is 2. The first-order valence-corrected chi connectivity index (χ1v) is 13.1. The van der Waals surface area contributed by atoms with Gasteiger partial charge in [-0.1, -0.05) is 0 Å². The van der Waals surface area contributed by atoms with E-state index in [4.69, 9.17) is 29.7 Å². The first kappa shape index (κ1) is 28.2. The molecule has 2 aromatic heterocycles. The summed E-state index contributed by atoms with van der Waals surface area (Å²) >= 11 is 0. The van der Waals surface area contributed by atoms with Gasteiger partial charge in [0.05, 0.1) is 30.3 Å². The van der Waals surface area contributed by atoms with Crippen molar-refractivity contribution in [2.75, 3.05) is 56.2 Å². The minimum Gasteiger partial charge on any atom is -0.481 e. The van der Waals surface area contributed by atoms with Crippen molar-refractivity contribution in [3.8, 4) is 11.4 Å². The van der Waals surface area contributed by atoms with E-state index in [0.717, 1.165) is 68.4 Å². The molecule has 1 atom stereocenters. The van der Waals surface area contributed by atoms with Crippen LogP contribution in [0.3, 0.4) is 0 Å². The summed E-state index contributed by atoms with van der Waals surface area (Å²) in [6.07, 6.45) is 4.01. The Bertz CT molecular complexity index is 1260. The number of morpholine rings is 1. The molecule has 3 aromatic rings. The number of aromatic nitrogens is 4. The van der Waals surface area contributed by atoms with Crippen LogP contribution in [0.25, 0.3) is 22.4 Å². The third-order valence-corrected chi connectivity index (χ3v) is 6.41. The fourth-order valence-corrected chi connectivity index (χ4v) is 4.65. The summed E-state index contributed by atoms with van der Waals surface area (Å²) in [6.45, 7) is 6.60. The number of hydrogen-bond donors (Lipinski definition) is 4. The number of anilines is 2. The first-order valence-electron chi connectivity index (χ1n) is 13.1. The van der Waals surface area contributed by atoms with E-state index < -0.39 is 18.7 Å². The lowest BCUT2D eigenvalue weighted by Crippen LogP contribution is -2.41. The molecule has 210 valence electrons. The van der Waals surface area contributed by atoms with Crippen LogP contribution in [0.5, 0.6) is 0 Å². The van der Waals surface area contributed by atoms with Crippen LogP contribution >= 0.6 is 0 Å². The molecule has 0 aliphatic carbocycles. The largest absolute Gasteiger partial charge is 0.481 e.